The van der Waals surface area contributed by atoms with E-state index in [9.17, 15) is 14.4 Å². The summed E-state index contributed by atoms with van der Waals surface area (Å²) in [4.78, 5) is 44.0. The number of halogens is 1. The minimum atomic E-state index is -1.19. The molecule has 0 aliphatic carbocycles. The van der Waals surface area contributed by atoms with Gasteiger partial charge in [0, 0.05) is 16.7 Å². The van der Waals surface area contributed by atoms with Gasteiger partial charge in [-0.15, -0.1) is 0 Å². The highest BCUT2D eigenvalue weighted by Crippen LogP contribution is 2.40. The van der Waals surface area contributed by atoms with Crippen molar-refractivity contribution >= 4 is 34.9 Å². The van der Waals surface area contributed by atoms with Crippen molar-refractivity contribution in [1.82, 2.24) is 0 Å². The van der Waals surface area contributed by atoms with Gasteiger partial charge in [0.1, 0.15) is 17.7 Å². The summed E-state index contributed by atoms with van der Waals surface area (Å²) >= 11 is 6.04. The van der Waals surface area contributed by atoms with E-state index < -0.39 is 29.4 Å². The van der Waals surface area contributed by atoms with Gasteiger partial charge >= 0.3 is 5.91 Å². The fourth-order valence-electron chi connectivity index (χ4n) is 3.88. The number of amides is 1. The number of Topliss-reactive ketones (excluding diaryl/α,β-unsaturated/α-hetero) is 2. The first-order valence-electron chi connectivity index (χ1n) is 10.3. The number of aromatic amines is 1. The molecule has 1 aromatic heterocycles. The van der Waals surface area contributed by atoms with Crippen LogP contribution < -0.4 is 14.6 Å². The minimum Gasteiger partial charge on any atom is -0.491 e. The van der Waals surface area contributed by atoms with Gasteiger partial charge in [-0.1, -0.05) is 29.8 Å². The van der Waals surface area contributed by atoms with Gasteiger partial charge in [0.25, 0.3) is 11.6 Å². The topological polar surface area (TPSA) is 77.8 Å². The van der Waals surface area contributed by atoms with Crippen LogP contribution in [0.25, 0.3) is 0 Å². The van der Waals surface area contributed by atoms with Crippen LogP contribution in [0.5, 0.6) is 5.75 Å². The van der Waals surface area contributed by atoms with Gasteiger partial charge < -0.3 is 4.74 Å². The Bertz CT molecular complexity index is 1140. The number of benzene rings is 2. The van der Waals surface area contributed by atoms with Crippen LogP contribution in [0.2, 0.25) is 5.02 Å². The second kappa shape index (κ2) is 8.93. The van der Waals surface area contributed by atoms with Crippen LogP contribution in [0, 0.1) is 5.92 Å². The van der Waals surface area contributed by atoms with Crippen molar-refractivity contribution < 1.29 is 24.1 Å². The number of carbonyl (C=O) groups excluding carboxylic acids is 3. The predicted molar refractivity (Wildman–Crippen MR) is 120 cm³/mol. The SMILES string of the molecule is CC(C)Oc1ccc(C(=O)C2C(=O)C(=O)N(c3cccc[nH+]3)C2c2ccc(Cl)cc2)cc1. The molecule has 1 aliphatic rings. The zero-order chi connectivity index (χ0) is 22.8. The third-order valence-electron chi connectivity index (χ3n) is 5.26. The van der Waals surface area contributed by atoms with Crippen LogP contribution in [0.3, 0.4) is 0 Å². The Balaban J connectivity index is 1.76. The van der Waals surface area contributed by atoms with Crippen LogP contribution >= 0.6 is 11.6 Å². The number of hydrogen-bond acceptors (Lipinski definition) is 4. The summed E-state index contributed by atoms with van der Waals surface area (Å²) < 4.78 is 5.63. The van der Waals surface area contributed by atoms with Gasteiger partial charge in [-0.05, 0) is 61.9 Å². The van der Waals surface area contributed by atoms with E-state index in [-0.39, 0.29) is 6.10 Å². The number of carbonyl (C=O) groups is 3. The van der Waals surface area contributed by atoms with E-state index in [0.717, 1.165) is 0 Å². The third kappa shape index (κ3) is 4.14. The molecule has 6 nitrogen and oxygen atoms in total. The molecule has 4 rings (SSSR count). The van der Waals surface area contributed by atoms with E-state index in [2.05, 4.69) is 4.98 Å². The number of ether oxygens (including phenoxy) is 1. The average molecular weight is 450 g/mol. The zero-order valence-electron chi connectivity index (χ0n) is 17.6. The lowest BCUT2D eigenvalue weighted by atomic mass is 9.86. The van der Waals surface area contributed by atoms with E-state index in [1.807, 2.05) is 13.8 Å². The van der Waals surface area contributed by atoms with Gasteiger partial charge in [0.05, 0.1) is 12.3 Å². The quantitative estimate of drug-likeness (QED) is 0.322. The van der Waals surface area contributed by atoms with E-state index in [1.54, 1.807) is 72.9 Å². The molecular formula is C25H22ClN2O4+. The lowest BCUT2D eigenvalue weighted by Crippen LogP contribution is -2.34. The Labute approximate surface area is 190 Å². The van der Waals surface area contributed by atoms with Crippen molar-refractivity contribution in [2.75, 3.05) is 4.90 Å². The Morgan fingerprint density at radius 1 is 1.00 bits per heavy atom. The first kappa shape index (κ1) is 21.7. The van der Waals surface area contributed by atoms with E-state index in [0.29, 0.717) is 27.7 Å². The van der Waals surface area contributed by atoms with E-state index >= 15 is 0 Å². The second-order valence-electron chi connectivity index (χ2n) is 7.82. The molecule has 1 N–H and O–H groups in total. The molecule has 1 aliphatic heterocycles. The van der Waals surface area contributed by atoms with Crippen molar-refractivity contribution in [2.24, 2.45) is 5.92 Å². The minimum absolute atomic E-state index is 0.00412. The molecular weight excluding hydrogens is 428 g/mol. The first-order valence-corrected chi connectivity index (χ1v) is 10.6. The summed E-state index contributed by atoms with van der Waals surface area (Å²) in [5.41, 5.74) is 0.981. The molecule has 0 spiro atoms. The summed E-state index contributed by atoms with van der Waals surface area (Å²) in [5.74, 6) is -2.02. The van der Waals surface area contributed by atoms with E-state index in [4.69, 9.17) is 16.3 Å². The molecule has 162 valence electrons. The summed E-state index contributed by atoms with van der Waals surface area (Å²) in [6.07, 6.45) is 1.66. The molecule has 0 saturated carbocycles. The fraction of sp³-hybridized carbons (Fsp3) is 0.200. The lowest BCUT2D eigenvalue weighted by Gasteiger charge is -2.20. The van der Waals surface area contributed by atoms with Gasteiger partial charge in [-0.2, -0.15) is 4.90 Å². The Morgan fingerprint density at radius 2 is 1.69 bits per heavy atom. The monoisotopic (exact) mass is 449 g/mol. The number of anilines is 1. The van der Waals surface area contributed by atoms with Gasteiger partial charge in [0.2, 0.25) is 0 Å². The van der Waals surface area contributed by atoms with Crippen LogP contribution in [-0.4, -0.2) is 23.6 Å². The van der Waals surface area contributed by atoms with Crippen molar-refractivity contribution in [1.29, 1.82) is 0 Å². The number of aromatic nitrogens is 1. The van der Waals surface area contributed by atoms with Crippen LogP contribution in [0.15, 0.2) is 72.9 Å². The third-order valence-corrected chi connectivity index (χ3v) is 5.51. The number of nitrogens with one attached hydrogen (secondary N) is 1. The molecule has 0 radical (unpaired) electrons. The molecule has 1 saturated heterocycles. The number of hydrogen-bond donors (Lipinski definition) is 0. The zero-order valence-corrected chi connectivity index (χ0v) is 18.4. The second-order valence-corrected chi connectivity index (χ2v) is 8.25. The predicted octanol–water partition coefficient (Wildman–Crippen LogP) is 4.10. The first-order chi connectivity index (χ1) is 15.4. The summed E-state index contributed by atoms with van der Waals surface area (Å²) in [6, 6.07) is 17.9. The maximum absolute atomic E-state index is 13.5. The number of rotatable bonds is 6. The Hall–Kier alpha value is -3.51. The number of nitrogens with zero attached hydrogens (tertiary/aromatic N) is 1. The Morgan fingerprint density at radius 3 is 2.28 bits per heavy atom. The lowest BCUT2D eigenvalue weighted by molar-refractivity contribution is -0.363. The largest absolute Gasteiger partial charge is 0.491 e. The van der Waals surface area contributed by atoms with Crippen molar-refractivity contribution in [2.45, 2.75) is 26.0 Å². The average Bonchev–Trinajstić information content (AvgIpc) is 3.05. The van der Waals surface area contributed by atoms with E-state index in [1.165, 1.54) is 4.90 Å². The molecule has 32 heavy (non-hydrogen) atoms. The highest BCUT2D eigenvalue weighted by molar-refractivity contribution is 6.48. The standard InChI is InChI=1S/C25H21ClN2O4/c1-15(2)32-19-12-8-17(9-13-19)23(29)21-22(16-6-10-18(26)11-7-16)28(25(31)24(21)30)20-5-3-4-14-27-20/h3-15,21-22H,1-2H3/p+1. The molecule has 2 unspecified atom stereocenters. The smallest absolute Gasteiger partial charge is 0.378 e. The van der Waals surface area contributed by atoms with Crippen LogP contribution in [-0.2, 0) is 9.59 Å². The van der Waals surface area contributed by atoms with Crippen LogP contribution in [0.4, 0.5) is 5.82 Å². The highest BCUT2D eigenvalue weighted by Gasteiger charge is 2.57. The molecule has 2 atom stereocenters. The number of pyridine rings is 1. The van der Waals surface area contributed by atoms with Crippen molar-refractivity contribution in [3.8, 4) is 5.75 Å². The molecule has 0 bridgehead atoms. The van der Waals surface area contributed by atoms with Crippen LogP contribution in [0.1, 0.15) is 35.8 Å². The number of H-pyrrole nitrogens is 1. The van der Waals surface area contributed by atoms with Crippen molar-refractivity contribution in [3.05, 3.63) is 89.1 Å². The molecule has 2 heterocycles. The van der Waals surface area contributed by atoms with Crippen molar-refractivity contribution in [3.63, 3.8) is 0 Å². The van der Waals surface area contributed by atoms with Gasteiger partial charge in [0.15, 0.2) is 5.78 Å². The summed E-state index contributed by atoms with van der Waals surface area (Å²) in [6.45, 7) is 3.82. The normalized spacial score (nSPS) is 18.3. The van der Waals surface area contributed by atoms with Gasteiger partial charge in [-0.25, -0.2) is 9.78 Å². The van der Waals surface area contributed by atoms with Gasteiger partial charge in [-0.3, -0.25) is 9.59 Å². The molecule has 2 aromatic carbocycles. The summed E-state index contributed by atoms with van der Waals surface area (Å²) in [5, 5.41) is 0.519. The maximum atomic E-state index is 13.5. The molecule has 1 fully saturated rings. The number of ketones is 2. The maximum Gasteiger partial charge on any atom is 0.378 e. The molecule has 7 heteroatoms. The highest BCUT2D eigenvalue weighted by atomic mass is 35.5. The molecule has 1 amide bonds. The summed E-state index contributed by atoms with van der Waals surface area (Å²) in [7, 11) is 0. The fourth-order valence-corrected chi connectivity index (χ4v) is 4.00. The molecule has 3 aromatic rings. The Kier molecular flexibility index (Phi) is 6.06.